The summed E-state index contributed by atoms with van der Waals surface area (Å²) in [7, 11) is 0. The van der Waals surface area contributed by atoms with E-state index in [2.05, 4.69) is 15.9 Å². The molecule has 0 spiro atoms. The SMILES string of the molecule is N[C@H](c1c(C(F)(F)F)ccc(Br)c1O)C(F)F. The third kappa shape index (κ3) is 2.86. The van der Waals surface area contributed by atoms with Crippen LogP contribution in [0.15, 0.2) is 16.6 Å². The number of aromatic hydroxyl groups is 1. The fourth-order valence-electron chi connectivity index (χ4n) is 1.29. The fraction of sp³-hybridized carbons (Fsp3) is 0.333. The lowest BCUT2D eigenvalue weighted by Gasteiger charge is -2.19. The topological polar surface area (TPSA) is 46.2 Å². The highest BCUT2D eigenvalue weighted by Crippen LogP contribution is 2.42. The molecular formula is C9H7BrF5NO. The summed E-state index contributed by atoms with van der Waals surface area (Å²) in [5, 5.41) is 9.40. The van der Waals surface area contributed by atoms with Crippen molar-refractivity contribution >= 4 is 15.9 Å². The summed E-state index contributed by atoms with van der Waals surface area (Å²) >= 11 is 2.75. The Bertz CT molecular complexity index is 421. The van der Waals surface area contributed by atoms with Crippen molar-refractivity contribution in [2.24, 2.45) is 5.73 Å². The Morgan fingerprint density at radius 1 is 1.24 bits per heavy atom. The van der Waals surface area contributed by atoms with E-state index in [-0.39, 0.29) is 4.47 Å². The maximum absolute atomic E-state index is 12.6. The molecule has 0 amide bonds. The first-order chi connectivity index (χ1) is 7.66. The second-order valence-electron chi connectivity index (χ2n) is 3.22. The van der Waals surface area contributed by atoms with E-state index in [1.807, 2.05) is 0 Å². The molecule has 3 N–H and O–H groups in total. The van der Waals surface area contributed by atoms with Gasteiger partial charge in [-0.25, -0.2) is 8.78 Å². The van der Waals surface area contributed by atoms with Crippen molar-refractivity contribution in [1.82, 2.24) is 0 Å². The van der Waals surface area contributed by atoms with Crippen molar-refractivity contribution in [3.05, 3.63) is 27.7 Å². The first-order valence-electron chi connectivity index (χ1n) is 4.28. The van der Waals surface area contributed by atoms with Crippen LogP contribution in [-0.2, 0) is 6.18 Å². The van der Waals surface area contributed by atoms with Crippen LogP contribution in [-0.4, -0.2) is 11.5 Å². The number of hydrogen-bond donors (Lipinski definition) is 2. The number of halogens is 6. The van der Waals surface area contributed by atoms with Crippen molar-refractivity contribution in [1.29, 1.82) is 0 Å². The van der Waals surface area contributed by atoms with Gasteiger partial charge in [-0.2, -0.15) is 13.2 Å². The van der Waals surface area contributed by atoms with E-state index in [1.165, 1.54) is 0 Å². The van der Waals surface area contributed by atoms with E-state index in [0.29, 0.717) is 6.07 Å². The van der Waals surface area contributed by atoms with Crippen LogP contribution in [0.3, 0.4) is 0 Å². The molecule has 0 saturated heterocycles. The lowest BCUT2D eigenvalue weighted by molar-refractivity contribution is -0.138. The van der Waals surface area contributed by atoms with Crippen LogP contribution in [0.4, 0.5) is 22.0 Å². The zero-order valence-electron chi connectivity index (χ0n) is 8.10. The first-order valence-corrected chi connectivity index (χ1v) is 5.07. The molecule has 0 bridgehead atoms. The predicted octanol–water partition coefficient (Wildman–Crippen LogP) is 3.44. The minimum atomic E-state index is -4.86. The highest BCUT2D eigenvalue weighted by Gasteiger charge is 2.38. The molecule has 96 valence electrons. The maximum Gasteiger partial charge on any atom is 0.416 e. The van der Waals surface area contributed by atoms with Gasteiger partial charge in [0.05, 0.1) is 16.1 Å². The van der Waals surface area contributed by atoms with Crippen LogP contribution in [0.5, 0.6) is 5.75 Å². The van der Waals surface area contributed by atoms with Crippen molar-refractivity contribution < 1.29 is 27.1 Å². The molecule has 1 rings (SSSR count). The van der Waals surface area contributed by atoms with Gasteiger partial charge < -0.3 is 10.8 Å². The maximum atomic E-state index is 12.6. The van der Waals surface area contributed by atoms with Crippen LogP contribution in [0.1, 0.15) is 17.2 Å². The highest BCUT2D eigenvalue weighted by atomic mass is 79.9. The number of alkyl halides is 5. The average Bonchev–Trinajstić information content (AvgIpc) is 2.19. The van der Waals surface area contributed by atoms with Crippen LogP contribution < -0.4 is 5.73 Å². The lowest BCUT2D eigenvalue weighted by atomic mass is 9.99. The van der Waals surface area contributed by atoms with Crippen molar-refractivity contribution in [3.63, 3.8) is 0 Å². The fourth-order valence-corrected chi connectivity index (χ4v) is 1.64. The van der Waals surface area contributed by atoms with Crippen LogP contribution in [0.25, 0.3) is 0 Å². The molecule has 0 aliphatic heterocycles. The molecule has 0 unspecified atom stereocenters. The van der Waals surface area contributed by atoms with Gasteiger partial charge in [0.15, 0.2) is 0 Å². The lowest BCUT2D eigenvalue weighted by Crippen LogP contribution is -2.23. The second kappa shape index (κ2) is 4.77. The smallest absolute Gasteiger partial charge is 0.416 e. The summed E-state index contributed by atoms with van der Waals surface area (Å²) in [6, 6.07) is -0.703. The summed E-state index contributed by atoms with van der Waals surface area (Å²) < 4.78 is 62.3. The molecule has 1 aromatic rings. The number of rotatable bonds is 2. The standard InChI is InChI=1S/C9H7BrF5NO/c10-4-2-1-3(9(13,14)15)5(7(4)17)6(16)8(11)12/h1-2,6,8,17H,16H2/t6-/m1/s1. The van der Waals surface area contributed by atoms with Crippen molar-refractivity contribution in [2.75, 3.05) is 0 Å². The Kier molecular flexibility index (Phi) is 3.98. The number of phenolic OH excluding ortho intramolecular Hbond substituents is 1. The van der Waals surface area contributed by atoms with E-state index in [1.54, 1.807) is 0 Å². The van der Waals surface area contributed by atoms with E-state index >= 15 is 0 Å². The number of phenols is 1. The Labute approximate surface area is 101 Å². The van der Waals surface area contributed by atoms with Gasteiger partial charge in [-0.05, 0) is 28.1 Å². The molecule has 8 heteroatoms. The highest BCUT2D eigenvalue weighted by molar-refractivity contribution is 9.10. The molecule has 0 radical (unpaired) electrons. The normalized spacial score (nSPS) is 14.1. The monoisotopic (exact) mass is 319 g/mol. The van der Waals surface area contributed by atoms with Gasteiger partial charge >= 0.3 is 6.18 Å². The molecule has 2 nitrogen and oxygen atoms in total. The van der Waals surface area contributed by atoms with Gasteiger partial charge in [0, 0.05) is 5.56 Å². The Morgan fingerprint density at radius 3 is 2.18 bits per heavy atom. The largest absolute Gasteiger partial charge is 0.506 e. The van der Waals surface area contributed by atoms with E-state index in [0.717, 1.165) is 6.07 Å². The number of nitrogens with two attached hydrogens (primary N) is 1. The quantitative estimate of drug-likeness (QED) is 0.820. The molecule has 0 heterocycles. The Hall–Kier alpha value is -0.890. The third-order valence-electron chi connectivity index (χ3n) is 2.08. The van der Waals surface area contributed by atoms with E-state index < -0.39 is 35.5 Å². The first kappa shape index (κ1) is 14.2. The molecular weight excluding hydrogens is 313 g/mol. The van der Waals surface area contributed by atoms with Gasteiger partial charge in [0.1, 0.15) is 5.75 Å². The van der Waals surface area contributed by atoms with Crippen molar-refractivity contribution in [3.8, 4) is 5.75 Å². The molecule has 1 atom stereocenters. The number of benzene rings is 1. The van der Waals surface area contributed by atoms with Crippen LogP contribution >= 0.6 is 15.9 Å². The Balaban J connectivity index is 3.47. The molecule has 0 aromatic heterocycles. The summed E-state index contributed by atoms with van der Waals surface area (Å²) in [5.41, 5.74) is 2.59. The van der Waals surface area contributed by atoms with Crippen LogP contribution in [0, 0.1) is 0 Å². The summed E-state index contributed by atoms with van der Waals surface area (Å²) in [4.78, 5) is 0. The van der Waals surface area contributed by atoms with Crippen LogP contribution in [0.2, 0.25) is 0 Å². The van der Waals surface area contributed by atoms with Gasteiger partial charge in [0.2, 0.25) is 0 Å². The van der Waals surface area contributed by atoms with Gasteiger partial charge in [0.25, 0.3) is 6.43 Å². The summed E-state index contributed by atoms with van der Waals surface area (Å²) in [6.45, 7) is 0. The molecule has 1 aromatic carbocycles. The third-order valence-corrected chi connectivity index (χ3v) is 2.72. The second-order valence-corrected chi connectivity index (χ2v) is 4.07. The van der Waals surface area contributed by atoms with Gasteiger partial charge in [-0.3, -0.25) is 0 Å². The summed E-state index contributed by atoms with van der Waals surface area (Å²) in [5.74, 6) is -0.923. The van der Waals surface area contributed by atoms with Crippen molar-refractivity contribution in [2.45, 2.75) is 18.6 Å². The van der Waals surface area contributed by atoms with E-state index in [9.17, 15) is 27.1 Å². The zero-order valence-corrected chi connectivity index (χ0v) is 9.69. The minimum Gasteiger partial charge on any atom is -0.506 e. The predicted molar refractivity (Wildman–Crippen MR) is 53.7 cm³/mol. The molecule has 0 fully saturated rings. The zero-order chi connectivity index (χ0) is 13.4. The average molecular weight is 320 g/mol. The molecule has 17 heavy (non-hydrogen) atoms. The minimum absolute atomic E-state index is 0.128. The molecule has 0 aliphatic carbocycles. The van der Waals surface area contributed by atoms with E-state index in [4.69, 9.17) is 5.73 Å². The number of hydrogen-bond acceptors (Lipinski definition) is 2. The Morgan fingerprint density at radius 2 is 1.76 bits per heavy atom. The molecule has 0 aliphatic rings. The van der Waals surface area contributed by atoms with Gasteiger partial charge in [-0.15, -0.1) is 0 Å². The summed E-state index contributed by atoms with van der Waals surface area (Å²) in [6.07, 6.45) is -8.07. The van der Waals surface area contributed by atoms with Gasteiger partial charge in [-0.1, -0.05) is 0 Å². The molecule has 0 saturated carbocycles.